The summed E-state index contributed by atoms with van der Waals surface area (Å²) in [5.41, 5.74) is 5.66. The summed E-state index contributed by atoms with van der Waals surface area (Å²) in [7, 11) is 0. The minimum Gasteiger partial charge on any atom is -0.399 e. The molecule has 2 aromatic rings. The molecule has 0 fully saturated rings. The van der Waals surface area contributed by atoms with Gasteiger partial charge in [0.15, 0.2) is 0 Å². The summed E-state index contributed by atoms with van der Waals surface area (Å²) in [6.07, 6.45) is 1.91. The fourth-order valence-electron chi connectivity index (χ4n) is 5.68. The molecule has 160 valence electrons. The van der Waals surface area contributed by atoms with Gasteiger partial charge in [0.1, 0.15) is 11.5 Å². The predicted octanol–water partition coefficient (Wildman–Crippen LogP) is 2.72. The Kier molecular flexibility index (Phi) is 4.57. The van der Waals surface area contributed by atoms with Crippen LogP contribution in [0.4, 0.5) is 5.69 Å². The number of amides is 1. The van der Waals surface area contributed by atoms with Gasteiger partial charge in [-0.25, -0.2) is 0 Å². The Labute approximate surface area is 191 Å². The third-order valence-corrected chi connectivity index (χ3v) is 7.12. The van der Waals surface area contributed by atoms with E-state index in [2.05, 4.69) is 28.4 Å². The molecule has 3 aliphatic rings. The van der Waals surface area contributed by atoms with Gasteiger partial charge in [-0.1, -0.05) is 54.6 Å². The van der Waals surface area contributed by atoms with Crippen molar-refractivity contribution in [2.24, 2.45) is 17.1 Å². The molecule has 0 bridgehead atoms. The number of anilines is 1. The molecule has 7 heteroatoms. The maximum absolute atomic E-state index is 13.8. The highest BCUT2D eigenvalue weighted by molar-refractivity contribution is 6.09. The van der Waals surface area contributed by atoms with Crippen LogP contribution in [0.2, 0.25) is 0 Å². The van der Waals surface area contributed by atoms with Gasteiger partial charge < -0.3 is 11.1 Å². The van der Waals surface area contributed by atoms with Gasteiger partial charge >= 0.3 is 0 Å². The molecular formula is C26H20N6O. The van der Waals surface area contributed by atoms with E-state index < -0.39 is 22.7 Å². The number of carbonyl (C=O) groups is 1. The number of nitriles is 3. The largest absolute Gasteiger partial charge is 0.399 e. The first-order chi connectivity index (χ1) is 16.0. The second-order valence-corrected chi connectivity index (χ2v) is 8.57. The Morgan fingerprint density at radius 1 is 1.06 bits per heavy atom. The number of allylic oxidation sites excluding steroid dienone is 2. The standard InChI is InChI=1S/C26H20N6O/c27-12-19-18-10-11-32(13-17-6-2-1-3-7-17)14-21(18)26(25(15-28,16-29)23(19)30)20-8-4-5-9-22(20)31-24(26)33/h1-10,21H,11,13-14,30H2,(H,31,33)/t21-,26+/m1/s1. The van der Waals surface area contributed by atoms with E-state index in [-0.39, 0.29) is 11.3 Å². The van der Waals surface area contributed by atoms with E-state index in [9.17, 15) is 20.6 Å². The molecule has 0 saturated heterocycles. The van der Waals surface area contributed by atoms with E-state index in [4.69, 9.17) is 5.73 Å². The van der Waals surface area contributed by atoms with Crippen molar-refractivity contribution in [3.63, 3.8) is 0 Å². The molecule has 0 unspecified atom stereocenters. The van der Waals surface area contributed by atoms with Crippen LogP contribution in [0.3, 0.4) is 0 Å². The van der Waals surface area contributed by atoms with Crippen molar-refractivity contribution in [3.8, 4) is 18.2 Å². The molecule has 3 N–H and O–H groups in total. The number of fused-ring (bicyclic) bond motifs is 4. The molecular weight excluding hydrogens is 412 g/mol. The van der Waals surface area contributed by atoms with Crippen LogP contribution >= 0.6 is 0 Å². The maximum Gasteiger partial charge on any atom is 0.238 e. The number of para-hydroxylation sites is 1. The zero-order valence-corrected chi connectivity index (χ0v) is 17.7. The quantitative estimate of drug-likeness (QED) is 0.750. The number of hydrogen-bond acceptors (Lipinski definition) is 6. The monoisotopic (exact) mass is 432 g/mol. The second-order valence-electron chi connectivity index (χ2n) is 8.57. The third-order valence-electron chi connectivity index (χ3n) is 7.12. The van der Waals surface area contributed by atoms with Crippen molar-refractivity contribution in [2.75, 3.05) is 18.4 Å². The number of nitrogens with one attached hydrogen (secondary N) is 1. The second kappa shape index (κ2) is 7.35. The van der Waals surface area contributed by atoms with Gasteiger partial charge in [-0.2, -0.15) is 15.8 Å². The summed E-state index contributed by atoms with van der Waals surface area (Å²) in [5.74, 6) is -1.04. The van der Waals surface area contributed by atoms with Crippen LogP contribution in [0.1, 0.15) is 11.1 Å². The van der Waals surface area contributed by atoms with E-state index in [0.29, 0.717) is 36.5 Å². The highest BCUT2D eigenvalue weighted by Crippen LogP contribution is 2.62. The molecule has 0 saturated carbocycles. The van der Waals surface area contributed by atoms with Crippen molar-refractivity contribution in [3.05, 3.63) is 88.6 Å². The molecule has 2 aliphatic heterocycles. The van der Waals surface area contributed by atoms with Gasteiger partial charge in [0, 0.05) is 31.2 Å². The maximum atomic E-state index is 13.8. The average Bonchev–Trinajstić information content (AvgIpc) is 3.14. The molecule has 2 heterocycles. The number of hydrogen-bond donors (Lipinski definition) is 2. The van der Waals surface area contributed by atoms with Gasteiger partial charge in [-0.15, -0.1) is 0 Å². The lowest BCUT2D eigenvalue weighted by Crippen LogP contribution is -2.62. The lowest BCUT2D eigenvalue weighted by Gasteiger charge is -2.51. The number of carbonyl (C=O) groups excluding carboxylic acids is 1. The SMILES string of the molecule is N#CC1=C(N)C(C#N)(C#N)[C@]2(C(=O)Nc3ccccc32)[C@@H]2CN(Cc3ccccc3)CC=C12. The number of nitrogens with two attached hydrogens (primary N) is 1. The summed E-state index contributed by atoms with van der Waals surface area (Å²) in [4.78, 5) is 15.9. The third kappa shape index (κ3) is 2.53. The van der Waals surface area contributed by atoms with E-state index in [0.717, 1.165) is 5.56 Å². The van der Waals surface area contributed by atoms with Crippen LogP contribution in [0.25, 0.3) is 0 Å². The van der Waals surface area contributed by atoms with Crippen LogP contribution < -0.4 is 11.1 Å². The molecule has 2 aromatic carbocycles. The Morgan fingerprint density at radius 2 is 1.76 bits per heavy atom. The first-order valence-corrected chi connectivity index (χ1v) is 10.6. The summed E-state index contributed by atoms with van der Waals surface area (Å²) in [6, 6.07) is 23.3. The van der Waals surface area contributed by atoms with Crippen LogP contribution in [-0.4, -0.2) is 23.9 Å². The number of benzene rings is 2. The average molecular weight is 432 g/mol. The van der Waals surface area contributed by atoms with Crippen LogP contribution in [0.5, 0.6) is 0 Å². The number of nitrogens with zero attached hydrogens (tertiary/aromatic N) is 4. The molecule has 7 nitrogen and oxygen atoms in total. The molecule has 1 amide bonds. The zero-order valence-electron chi connectivity index (χ0n) is 17.7. The highest BCUT2D eigenvalue weighted by atomic mass is 16.2. The van der Waals surface area contributed by atoms with E-state index in [1.165, 1.54) is 0 Å². The summed E-state index contributed by atoms with van der Waals surface area (Å²) >= 11 is 0. The van der Waals surface area contributed by atoms with Gasteiger partial charge in [0.2, 0.25) is 11.3 Å². The first-order valence-electron chi connectivity index (χ1n) is 10.6. The van der Waals surface area contributed by atoms with Gasteiger partial charge in [0.05, 0.1) is 23.4 Å². The summed E-state index contributed by atoms with van der Waals surface area (Å²) in [5, 5.41) is 33.6. The van der Waals surface area contributed by atoms with E-state index >= 15 is 0 Å². The summed E-state index contributed by atoms with van der Waals surface area (Å²) in [6.45, 7) is 1.59. The fourth-order valence-corrected chi connectivity index (χ4v) is 5.68. The molecule has 5 rings (SSSR count). The van der Waals surface area contributed by atoms with Gasteiger partial charge in [-0.3, -0.25) is 9.69 Å². The lowest BCUT2D eigenvalue weighted by atomic mass is 9.48. The van der Waals surface area contributed by atoms with E-state index in [1.807, 2.05) is 36.4 Å². The fraction of sp³-hybridized carbons (Fsp3) is 0.231. The van der Waals surface area contributed by atoms with Crippen molar-refractivity contribution in [1.29, 1.82) is 15.8 Å². The topological polar surface area (TPSA) is 130 Å². The molecule has 0 radical (unpaired) electrons. The Morgan fingerprint density at radius 3 is 2.45 bits per heavy atom. The lowest BCUT2D eigenvalue weighted by molar-refractivity contribution is -0.125. The normalized spacial score (nSPS) is 25.2. The predicted molar refractivity (Wildman–Crippen MR) is 121 cm³/mol. The first kappa shape index (κ1) is 20.5. The Balaban J connectivity index is 1.76. The highest BCUT2D eigenvalue weighted by Gasteiger charge is 2.71. The van der Waals surface area contributed by atoms with Crippen molar-refractivity contribution in [1.82, 2.24) is 4.90 Å². The summed E-state index contributed by atoms with van der Waals surface area (Å²) < 4.78 is 0. The molecule has 33 heavy (non-hydrogen) atoms. The van der Waals surface area contributed by atoms with Crippen molar-refractivity contribution >= 4 is 11.6 Å². The van der Waals surface area contributed by atoms with Crippen molar-refractivity contribution < 1.29 is 4.79 Å². The van der Waals surface area contributed by atoms with Crippen LogP contribution in [0.15, 0.2) is 77.5 Å². The smallest absolute Gasteiger partial charge is 0.238 e. The van der Waals surface area contributed by atoms with Crippen molar-refractivity contribution in [2.45, 2.75) is 12.0 Å². The Bertz CT molecular complexity index is 1340. The van der Waals surface area contributed by atoms with Gasteiger partial charge in [0.25, 0.3) is 0 Å². The minimum atomic E-state index is -2.02. The van der Waals surface area contributed by atoms with Crippen LogP contribution in [0, 0.1) is 45.3 Å². The van der Waals surface area contributed by atoms with Gasteiger partial charge in [-0.05, 0) is 22.8 Å². The van der Waals surface area contributed by atoms with E-state index in [1.54, 1.807) is 24.3 Å². The molecule has 2 atom stereocenters. The number of rotatable bonds is 2. The zero-order chi connectivity index (χ0) is 23.2. The molecule has 1 spiro atoms. The molecule has 0 aromatic heterocycles. The molecule has 1 aliphatic carbocycles. The van der Waals surface area contributed by atoms with Crippen LogP contribution in [-0.2, 0) is 16.8 Å². The minimum absolute atomic E-state index is 0.130. The Hall–Kier alpha value is -4.38.